The number of cyclic esters (lactones) is 1. The minimum Gasteiger partial charge on any atom is -0.418 e. The van der Waals surface area contributed by atoms with E-state index in [9.17, 15) is 4.79 Å². The topological polar surface area (TPSA) is 47.9 Å². The summed E-state index contributed by atoms with van der Waals surface area (Å²) in [6, 6.07) is 19.0. The zero-order valence-electron chi connectivity index (χ0n) is 10.0. The van der Waals surface area contributed by atoms with Crippen LogP contribution < -0.4 is 0 Å². The lowest BCUT2D eigenvalue weighted by molar-refractivity contribution is 0.0277. The van der Waals surface area contributed by atoms with Crippen molar-refractivity contribution in [2.75, 3.05) is 0 Å². The lowest BCUT2D eigenvalue weighted by atomic mass is 9.99. The summed E-state index contributed by atoms with van der Waals surface area (Å²) in [5.74, 6) is 0. The zero-order chi connectivity index (χ0) is 13.1. The number of oxime groups is 1. The van der Waals surface area contributed by atoms with Gasteiger partial charge in [0.05, 0.1) is 0 Å². The fraction of sp³-hybridized carbons (Fsp3) is 0.0667. The molecule has 1 heterocycles. The Bertz CT molecular complexity index is 608. The van der Waals surface area contributed by atoms with Crippen LogP contribution in [0.4, 0.5) is 4.79 Å². The van der Waals surface area contributed by atoms with Crippen LogP contribution >= 0.6 is 0 Å². The van der Waals surface area contributed by atoms with Crippen LogP contribution in [-0.4, -0.2) is 11.9 Å². The van der Waals surface area contributed by atoms with Gasteiger partial charge in [-0.05, 0) is 5.56 Å². The minimum absolute atomic E-state index is 0.537. The lowest BCUT2D eigenvalue weighted by Crippen LogP contribution is -2.25. The predicted octanol–water partition coefficient (Wildman–Crippen LogP) is 3.30. The molecule has 0 spiro atoms. The number of rotatable bonds is 2. The van der Waals surface area contributed by atoms with E-state index in [1.54, 1.807) is 0 Å². The Hall–Kier alpha value is -2.62. The van der Waals surface area contributed by atoms with Crippen molar-refractivity contribution < 1.29 is 14.4 Å². The number of hydrogen-bond donors (Lipinski definition) is 0. The third-order valence-corrected chi connectivity index (χ3v) is 2.85. The van der Waals surface area contributed by atoms with E-state index in [2.05, 4.69) is 9.99 Å². The SMILES string of the molecule is O=C1ON=C(c2ccccc2)C(c2ccccc2)O1. The van der Waals surface area contributed by atoms with Crippen LogP contribution in [0.2, 0.25) is 0 Å². The Morgan fingerprint density at radius 2 is 1.53 bits per heavy atom. The molecule has 2 aromatic rings. The number of ether oxygens (including phenoxy) is 1. The third-order valence-electron chi connectivity index (χ3n) is 2.85. The van der Waals surface area contributed by atoms with Crippen molar-refractivity contribution >= 4 is 11.9 Å². The molecule has 0 aliphatic carbocycles. The van der Waals surface area contributed by atoms with E-state index in [1.165, 1.54) is 0 Å². The lowest BCUT2D eigenvalue weighted by Gasteiger charge is -2.22. The van der Waals surface area contributed by atoms with Crippen LogP contribution in [0.5, 0.6) is 0 Å². The minimum atomic E-state index is -0.784. The molecule has 19 heavy (non-hydrogen) atoms. The molecule has 0 aromatic heterocycles. The van der Waals surface area contributed by atoms with E-state index < -0.39 is 12.3 Å². The molecule has 0 fully saturated rings. The molecule has 4 heteroatoms. The number of nitrogens with zero attached hydrogens (tertiary/aromatic N) is 1. The van der Waals surface area contributed by atoms with Gasteiger partial charge in [-0.15, -0.1) is 0 Å². The molecular formula is C15H11NO3. The molecule has 0 N–H and O–H groups in total. The third kappa shape index (κ3) is 2.33. The number of carbonyl (C=O) groups is 1. The quantitative estimate of drug-likeness (QED) is 0.609. The first-order valence-corrected chi connectivity index (χ1v) is 5.90. The van der Waals surface area contributed by atoms with Crippen molar-refractivity contribution in [2.24, 2.45) is 5.16 Å². The molecule has 1 aliphatic heterocycles. The molecule has 0 saturated heterocycles. The first-order valence-electron chi connectivity index (χ1n) is 5.90. The second-order valence-corrected chi connectivity index (χ2v) is 4.09. The average Bonchev–Trinajstić information content (AvgIpc) is 2.49. The van der Waals surface area contributed by atoms with Crippen LogP contribution in [0.15, 0.2) is 65.8 Å². The van der Waals surface area contributed by atoms with Crippen molar-refractivity contribution in [3.63, 3.8) is 0 Å². The van der Waals surface area contributed by atoms with E-state index >= 15 is 0 Å². The van der Waals surface area contributed by atoms with Crippen LogP contribution in [0.1, 0.15) is 17.2 Å². The van der Waals surface area contributed by atoms with E-state index in [-0.39, 0.29) is 0 Å². The second-order valence-electron chi connectivity index (χ2n) is 4.09. The molecule has 0 bridgehead atoms. The number of hydrogen-bond acceptors (Lipinski definition) is 4. The Labute approximate surface area is 110 Å². The molecule has 4 nitrogen and oxygen atoms in total. The van der Waals surface area contributed by atoms with Gasteiger partial charge in [0.15, 0.2) is 6.10 Å². The average molecular weight is 253 g/mol. The molecule has 1 atom stereocenters. The fourth-order valence-electron chi connectivity index (χ4n) is 1.97. The molecule has 1 unspecified atom stereocenters. The van der Waals surface area contributed by atoms with Gasteiger partial charge < -0.3 is 4.74 Å². The maximum atomic E-state index is 11.3. The summed E-state index contributed by atoms with van der Waals surface area (Å²) in [7, 11) is 0. The van der Waals surface area contributed by atoms with Crippen LogP contribution in [0.25, 0.3) is 0 Å². The van der Waals surface area contributed by atoms with Gasteiger partial charge in [-0.25, -0.2) is 4.79 Å². The van der Waals surface area contributed by atoms with Gasteiger partial charge in [0.2, 0.25) is 0 Å². The number of carbonyl (C=O) groups excluding carboxylic acids is 1. The van der Waals surface area contributed by atoms with Crippen molar-refractivity contribution in [1.82, 2.24) is 0 Å². The maximum Gasteiger partial charge on any atom is 0.536 e. The summed E-state index contributed by atoms with van der Waals surface area (Å²) in [5.41, 5.74) is 2.32. The summed E-state index contributed by atoms with van der Waals surface area (Å²) in [6.07, 6.45) is -1.32. The van der Waals surface area contributed by atoms with Gasteiger partial charge in [-0.2, -0.15) is 0 Å². The molecule has 3 rings (SSSR count). The monoisotopic (exact) mass is 253 g/mol. The predicted molar refractivity (Wildman–Crippen MR) is 69.7 cm³/mol. The first kappa shape index (κ1) is 11.5. The van der Waals surface area contributed by atoms with Crippen LogP contribution in [-0.2, 0) is 9.57 Å². The molecule has 0 amide bonds. The van der Waals surface area contributed by atoms with Crippen molar-refractivity contribution in [3.05, 3.63) is 71.8 Å². The summed E-state index contributed by atoms with van der Waals surface area (Å²) in [4.78, 5) is 15.9. The highest BCUT2D eigenvalue weighted by Crippen LogP contribution is 2.26. The first-order chi connectivity index (χ1) is 9.34. The molecule has 1 aliphatic rings. The van der Waals surface area contributed by atoms with Crippen molar-refractivity contribution in [1.29, 1.82) is 0 Å². The second kappa shape index (κ2) is 4.94. The zero-order valence-corrected chi connectivity index (χ0v) is 10.0. The summed E-state index contributed by atoms with van der Waals surface area (Å²) in [5, 5.41) is 3.88. The van der Waals surface area contributed by atoms with Crippen LogP contribution in [0.3, 0.4) is 0 Å². The van der Waals surface area contributed by atoms with E-state index in [4.69, 9.17) is 4.74 Å². The largest absolute Gasteiger partial charge is 0.536 e. The molecule has 0 radical (unpaired) electrons. The molecule has 2 aromatic carbocycles. The van der Waals surface area contributed by atoms with Crippen LogP contribution in [0, 0.1) is 0 Å². The molecule has 0 saturated carbocycles. The van der Waals surface area contributed by atoms with Crippen molar-refractivity contribution in [3.8, 4) is 0 Å². The highest BCUT2D eigenvalue weighted by molar-refractivity contribution is 6.05. The van der Waals surface area contributed by atoms with Gasteiger partial charge in [0, 0.05) is 5.56 Å². The smallest absolute Gasteiger partial charge is 0.418 e. The molecule has 94 valence electrons. The summed E-state index contributed by atoms with van der Waals surface area (Å²) < 4.78 is 5.25. The standard InChI is InChI=1S/C15H11NO3/c17-15-18-14(12-9-5-2-6-10-12)13(16-19-15)11-7-3-1-4-8-11/h1-10,14H. The Morgan fingerprint density at radius 1 is 0.895 bits per heavy atom. The fourth-order valence-corrected chi connectivity index (χ4v) is 1.97. The van der Waals surface area contributed by atoms with E-state index in [0.717, 1.165) is 11.1 Å². The maximum absolute atomic E-state index is 11.3. The Balaban J connectivity index is 2.03. The van der Waals surface area contributed by atoms with E-state index in [1.807, 2.05) is 60.7 Å². The number of benzene rings is 2. The van der Waals surface area contributed by atoms with Crippen molar-refractivity contribution in [2.45, 2.75) is 6.10 Å². The van der Waals surface area contributed by atoms with Gasteiger partial charge in [-0.1, -0.05) is 65.8 Å². The van der Waals surface area contributed by atoms with Gasteiger partial charge >= 0.3 is 6.16 Å². The van der Waals surface area contributed by atoms with Gasteiger partial charge in [0.25, 0.3) is 0 Å². The Morgan fingerprint density at radius 3 is 2.21 bits per heavy atom. The highest BCUT2D eigenvalue weighted by atomic mass is 16.8. The summed E-state index contributed by atoms with van der Waals surface area (Å²) in [6.45, 7) is 0. The summed E-state index contributed by atoms with van der Waals surface area (Å²) >= 11 is 0. The normalized spacial score (nSPS) is 18.2. The Kier molecular flexibility index (Phi) is 2.98. The van der Waals surface area contributed by atoms with Gasteiger partial charge in [-0.3, -0.25) is 4.84 Å². The van der Waals surface area contributed by atoms with Gasteiger partial charge in [0.1, 0.15) is 5.71 Å². The highest BCUT2D eigenvalue weighted by Gasteiger charge is 2.29. The molecular weight excluding hydrogens is 242 g/mol. The van der Waals surface area contributed by atoms with E-state index in [0.29, 0.717) is 5.71 Å².